The van der Waals surface area contributed by atoms with E-state index < -0.39 is 10.0 Å². The molecule has 0 bridgehead atoms. The van der Waals surface area contributed by atoms with E-state index in [1.165, 1.54) is 24.2 Å². The molecule has 0 aromatic carbocycles. The third-order valence-corrected chi connectivity index (χ3v) is 7.64. The molecule has 0 amide bonds. The summed E-state index contributed by atoms with van der Waals surface area (Å²) < 4.78 is 27.9. The number of hydrogen-bond donors (Lipinski definition) is 1. The number of rotatable bonds is 5. The Labute approximate surface area is 127 Å². The van der Waals surface area contributed by atoms with Crippen LogP contribution >= 0.6 is 27.3 Å². The number of piperidine rings is 1. The maximum Gasteiger partial charge on any atom is 0.251 e. The van der Waals surface area contributed by atoms with Crippen LogP contribution in [-0.2, 0) is 10.0 Å². The van der Waals surface area contributed by atoms with Gasteiger partial charge >= 0.3 is 0 Å². The fraction of sp³-hybridized carbons (Fsp3) is 0.667. The second kappa shape index (κ2) is 6.67. The van der Waals surface area contributed by atoms with E-state index in [0.717, 1.165) is 19.5 Å². The lowest BCUT2D eigenvalue weighted by atomic mass is 9.94. The first kappa shape index (κ1) is 15.4. The van der Waals surface area contributed by atoms with E-state index in [1.807, 2.05) is 0 Å². The number of halogens is 1. The molecule has 1 aromatic rings. The van der Waals surface area contributed by atoms with Crippen LogP contribution in [0, 0.1) is 5.92 Å². The molecule has 2 rings (SSSR count). The fourth-order valence-electron chi connectivity index (χ4n) is 2.29. The van der Waals surface area contributed by atoms with Crippen molar-refractivity contribution in [2.75, 3.05) is 26.7 Å². The van der Waals surface area contributed by atoms with Crippen LogP contribution in [0.5, 0.6) is 0 Å². The predicted molar refractivity (Wildman–Crippen MR) is 82.0 cm³/mol. The van der Waals surface area contributed by atoms with Crippen molar-refractivity contribution in [3.8, 4) is 0 Å². The van der Waals surface area contributed by atoms with Gasteiger partial charge in [-0.3, -0.25) is 0 Å². The highest BCUT2D eigenvalue weighted by Gasteiger charge is 2.20. The van der Waals surface area contributed by atoms with Crippen molar-refractivity contribution >= 4 is 37.3 Å². The van der Waals surface area contributed by atoms with Gasteiger partial charge < -0.3 is 4.90 Å². The first-order valence-electron chi connectivity index (χ1n) is 6.40. The number of likely N-dealkylation sites (tertiary alicyclic amines) is 1. The Bertz CT molecular complexity index is 508. The highest BCUT2D eigenvalue weighted by Crippen LogP contribution is 2.27. The van der Waals surface area contributed by atoms with Gasteiger partial charge in [0, 0.05) is 11.0 Å². The van der Waals surface area contributed by atoms with Crippen LogP contribution in [0.3, 0.4) is 0 Å². The molecular weight excluding hydrogens is 348 g/mol. The molecule has 0 aliphatic carbocycles. The molecule has 1 aliphatic heterocycles. The van der Waals surface area contributed by atoms with E-state index in [9.17, 15) is 8.42 Å². The summed E-state index contributed by atoms with van der Waals surface area (Å²) in [6, 6.07) is 1.76. The van der Waals surface area contributed by atoms with E-state index in [0.29, 0.717) is 21.1 Å². The molecule has 7 heteroatoms. The normalized spacial score (nSPS) is 18.8. The van der Waals surface area contributed by atoms with Gasteiger partial charge in [0.2, 0.25) is 0 Å². The summed E-state index contributed by atoms with van der Waals surface area (Å²) in [5, 5.41) is 1.77. The molecule has 1 fully saturated rings. The van der Waals surface area contributed by atoms with Crippen LogP contribution in [0.4, 0.5) is 0 Å². The average molecular weight is 367 g/mol. The van der Waals surface area contributed by atoms with Crippen molar-refractivity contribution in [1.82, 2.24) is 9.62 Å². The van der Waals surface area contributed by atoms with Crippen molar-refractivity contribution in [3.63, 3.8) is 0 Å². The zero-order valence-corrected chi connectivity index (χ0v) is 14.2. The zero-order valence-electron chi connectivity index (χ0n) is 10.9. The van der Waals surface area contributed by atoms with Gasteiger partial charge in [-0.15, -0.1) is 11.3 Å². The molecule has 1 aliphatic rings. The Morgan fingerprint density at radius 3 is 2.74 bits per heavy atom. The Morgan fingerprint density at radius 1 is 1.47 bits per heavy atom. The van der Waals surface area contributed by atoms with Crippen molar-refractivity contribution < 1.29 is 8.42 Å². The highest BCUT2D eigenvalue weighted by atomic mass is 79.9. The van der Waals surface area contributed by atoms with Crippen molar-refractivity contribution in [1.29, 1.82) is 0 Å². The summed E-state index contributed by atoms with van der Waals surface area (Å²) in [7, 11) is -1.22. The lowest BCUT2D eigenvalue weighted by molar-refractivity contribution is 0.213. The molecule has 108 valence electrons. The largest absolute Gasteiger partial charge is 0.306 e. The molecule has 0 atom stereocenters. The molecule has 0 saturated carbocycles. The summed E-state index contributed by atoms with van der Waals surface area (Å²) in [6.07, 6.45) is 3.26. The highest BCUT2D eigenvalue weighted by molar-refractivity contribution is 9.10. The smallest absolute Gasteiger partial charge is 0.251 e. The Balaban J connectivity index is 1.81. The second-order valence-electron chi connectivity index (χ2n) is 4.99. The molecular formula is C12H19BrN2O2S2. The molecule has 0 radical (unpaired) electrons. The molecule has 1 aromatic heterocycles. The zero-order chi connectivity index (χ0) is 13.9. The van der Waals surface area contributed by atoms with Gasteiger partial charge in [0.25, 0.3) is 10.0 Å². The van der Waals surface area contributed by atoms with Gasteiger partial charge in [0.15, 0.2) is 0 Å². The van der Waals surface area contributed by atoms with Crippen LogP contribution in [0.1, 0.15) is 19.3 Å². The molecule has 1 saturated heterocycles. The Hall–Kier alpha value is 0.0500. The SMILES string of the molecule is CN1CCC(CCNS(=O)(=O)c2sccc2Br)CC1. The van der Waals surface area contributed by atoms with Gasteiger partial charge in [0.1, 0.15) is 4.21 Å². The maximum atomic E-state index is 12.1. The minimum Gasteiger partial charge on any atom is -0.306 e. The lowest BCUT2D eigenvalue weighted by Gasteiger charge is -2.28. The summed E-state index contributed by atoms with van der Waals surface area (Å²) in [5.74, 6) is 0.644. The molecule has 19 heavy (non-hydrogen) atoms. The van der Waals surface area contributed by atoms with Crippen LogP contribution in [0.2, 0.25) is 0 Å². The maximum absolute atomic E-state index is 12.1. The average Bonchev–Trinajstić information content (AvgIpc) is 2.79. The number of sulfonamides is 1. The number of nitrogens with one attached hydrogen (secondary N) is 1. The summed E-state index contributed by atoms with van der Waals surface area (Å²) in [5.41, 5.74) is 0. The van der Waals surface area contributed by atoms with E-state index in [2.05, 4.69) is 32.6 Å². The van der Waals surface area contributed by atoms with Crippen molar-refractivity contribution in [2.24, 2.45) is 5.92 Å². The molecule has 0 spiro atoms. The van der Waals surface area contributed by atoms with Gasteiger partial charge in [-0.2, -0.15) is 0 Å². The Kier molecular flexibility index (Phi) is 5.42. The standard InChI is InChI=1S/C12H19BrN2O2S2/c1-15-7-3-10(4-8-15)2-6-14-19(16,17)12-11(13)5-9-18-12/h5,9-10,14H,2-4,6-8H2,1H3. The topological polar surface area (TPSA) is 49.4 Å². The van der Waals surface area contributed by atoms with Crippen LogP contribution < -0.4 is 4.72 Å². The number of nitrogens with zero attached hydrogens (tertiary/aromatic N) is 1. The van der Waals surface area contributed by atoms with Crippen LogP contribution in [0.25, 0.3) is 0 Å². The van der Waals surface area contributed by atoms with E-state index in [1.54, 1.807) is 11.4 Å². The Morgan fingerprint density at radius 2 is 2.16 bits per heavy atom. The fourth-order valence-corrected chi connectivity index (χ4v) is 5.71. The summed E-state index contributed by atoms with van der Waals surface area (Å²) in [4.78, 5) is 2.32. The van der Waals surface area contributed by atoms with Gasteiger partial charge in [-0.05, 0) is 72.7 Å². The second-order valence-corrected chi connectivity index (χ2v) is 8.72. The summed E-state index contributed by atoms with van der Waals surface area (Å²) >= 11 is 4.50. The van der Waals surface area contributed by atoms with Crippen molar-refractivity contribution in [2.45, 2.75) is 23.5 Å². The first-order valence-corrected chi connectivity index (χ1v) is 9.56. The van der Waals surface area contributed by atoms with Crippen LogP contribution in [-0.4, -0.2) is 40.0 Å². The third kappa shape index (κ3) is 4.26. The molecule has 1 N–H and O–H groups in total. The van der Waals surface area contributed by atoms with Crippen LogP contribution in [0.15, 0.2) is 20.1 Å². The number of hydrogen-bond acceptors (Lipinski definition) is 4. The van der Waals surface area contributed by atoms with E-state index >= 15 is 0 Å². The summed E-state index contributed by atoms with van der Waals surface area (Å²) in [6.45, 7) is 2.77. The van der Waals surface area contributed by atoms with Crippen molar-refractivity contribution in [3.05, 3.63) is 15.9 Å². The van der Waals surface area contributed by atoms with E-state index in [4.69, 9.17) is 0 Å². The minimum atomic E-state index is -3.35. The van der Waals surface area contributed by atoms with E-state index in [-0.39, 0.29) is 0 Å². The lowest BCUT2D eigenvalue weighted by Crippen LogP contribution is -2.32. The van der Waals surface area contributed by atoms with Gasteiger partial charge in [-0.25, -0.2) is 13.1 Å². The first-order chi connectivity index (χ1) is 8.99. The minimum absolute atomic E-state index is 0.371. The third-order valence-electron chi connectivity index (χ3n) is 3.51. The monoisotopic (exact) mass is 366 g/mol. The number of thiophene rings is 1. The predicted octanol–water partition coefficient (Wildman–Crippen LogP) is 2.52. The van der Waals surface area contributed by atoms with Gasteiger partial charge in [-0.1, -0.05) is 0 Å². The quantitative estimate of drug-likeness (QED) is 0.870. The van der Waals surface area contributed by atoms with Gasteiger partial charge in [0.05, 0.1) is 0 Å². The molecule has 0 unspecified atom stereocenters. The molecule has 2 heterocycles. The molecule has 4 nitrogen and oxygen atoms in total.